The first kappa shape index (κ1) is 11.0. The second kappa shape index (κ2) is 9.96. The van der Waals surface area contributed by atoms with Gasteiger partial charge in [0.1, 0.15) is 0 Å². The molecule has 0 unspecified atom stereocenters. The van der Waals surface area contributed by atoms with Gasteiger partial charge in [-0.05, 0) is 25.7 Å². The molecule has 0 fully saturated rings. The maximum atomic E-state index is 3.65. The zero-order chi connectivity index (χ0) is 9.07. The summed E-state index contributed by atoms with van der Waals surface area (Å²) in [5.41, 5.74) is 0. The van der Waals surface area contributed by atoms with Crippen LogP contribution in [0.5, 0.6) is 0 Å². The Morgan fingerprint density at radius 2 is 1.67 bits per heavy atom. The minimum absolute atomic E-state index is 0.989. The Labute approximate surface area is 76.0 Å². The molecule has 0 N–H and O–H groups in total. The van der Waals surface area contributed by atoms with E-state index in [-0.39, 0.29) is 0 Å². The first-order valence-electron chi connectivity index (χ1n) is 4.45. The van der Waals surface area contributed by atoms with Gasteiger partial charge in [-0.15, -0.1) is 6.58 Å². The molecule has 66 valence electrons. The van der Waals surface area contributed by atoms with Crippen molar-refractivity contribution in [1.82, 2.24) is 0 Å². The molecule has 0 aromatic heterocycles. The Morgan fingerprint density at radius 1 is 0.917 bits per heavy atom. The SMILES string of the molecule is C=CC=CCCCC=CCC=C. The molecular weight excluding hydrogens is 144 g/mol. The maximum absolute atomic E-state index is 3.65. The van der Waals surface area contributed by atoms with Gasteiger partial charge in [-0.2, -0.15) is 0 Å². The van der Waals surface area contributed by atoms with Gasteiger partial charge in [0, 0.05) is 0 Å². The van der Waals surface area contributed by atoms with E-state index in [0.717, 1.165) is 19.3 Å². The summed E-state index contributed by atoms with van der Waals surface area (Å²) in [5.74, 6) is 0. The summed E-state index contributed by atoms with van der Waals surface area (Å²) < 4.78 is 0. The quantitative estimate of drug-likeness (QED) is 0.301. The molecule has 0 aromatic rings. The van der Waals surface area contributed by atoms with Crippen LogP contribution in [0.4, 0.5) is 0 Å². The minimum Gasteiger partial charge on any atom is -0.103 e. The highest BCUT2D eigenvalue weighted by atomic mass is 13.8. The minimum atomic E-state index is 0.989. The maximum Gasteiger partial charge on any atom is -0.0172 e. The normalized spacial score (nSPS) is 11.0. The van der Waals surface area contributed by atoms with E-state index in [2.05, 4.69) is 31.4 Å². The molecule has 0 spiro atoms. The number of hydrogen-bond acceptors (Lipinski definition) is 0. The van der Waals surface area contributed by atoms with Crippen molar-refractivity contribution in [2.24, 2.45) is 0 Å². The van der Waals surface area contributed by atoms with Gasteiger partial charge in [0.05, 0.1) is 0 Å². The first-order chi connectivity index (χ1) is 5.91. The predicted octanol–water partition coefficient (Wildman–Crippen LogP) is 4.03. The second-order valence-corrected chi connectivity index (χ2v) is 2.59. The number of rotatable bonds is 7. The third-order valence-corrected chi connectivity index (χ3v) is 1.48. The van der Waals surface area contributed by atoms with E-state index in [4.69, 9.17) is 0 Å². The van der Waals surface area contributed by atoms with Crippen LogP contribution in [0.2, 0.25) is 0 Å². The zero-order valence-corrected chi connectivity index (χ0v) is 7.71. The van der Waals surface area contributed by atoms with E-state index in [1.807, 2.05) is 18.2 Å². The van der Waals surface area contributed by atoms with Crippen LogP contribution in [0.3, 0.4) is 0 Å². The van der Waals surface area contributed by atoms with E-state index >= 15 is 0 Å². The molecule has 0 saturated carbocycles. The molecule has 0 heterocycles. The molecule has 0 nitrogen and oxygen atoms in total. The van der Waals surface area contributed by atoms with Gasteiger partial charge in [-0.3, -0.25) is 0 Å². The molecule has 0 rings (SSSR count). The van der Waals surface area contributed by atoms with Gasteiger partial charge in [0.2, 0.25) is 0 Å². The summed E-state index contributed by atoms with van der Waals surface area (Å²) in [6, 6.07) is 0. The summed E-state index contributed by atoms with van der Waals surface area (Å²) in [5, 5.41) is 0. The fraction of sp³-hybridized carbons (Fsp3) is 0.333. The van der Waals surface area contributed by atoms with Crippen molar-refractivity contribution in [2.75, 3.05) is 0 Å². The van der Waals surface area contributed by atoms with Crippen molar-refractivity contribution < 1.29 is 0 Å². The molecule has 0 aliphatic carbocycles. The van der Waals surface area contributed by atoms with Crippen molar-refractivity contribution >= 4 is 0 Å². The van der Waals surface area contributed by atoms with Gasteiger partial charge in [-0.1, -0.05) is 43.0 Å². The van der Waals surface area contributed by atoms with Gasteiger partial charge < -0.3 is 0 Å². The Bertz CT molecular complexity index is 161. The molecule has 0 aliphatic heterocycles. The lowest BCUT2D eigenvalue weighted by Crippen LogP contribution is -1.68. The number of allylic oxidation sites excluding steroid dienone is 6. The van der Waals surface area contributed by atoms with Crippen molar-refractivity contribution in [3.8, 4) is 0 Å². The van der Waals surface area contributed by atoms with Gasteiger partial charge >= 0.3 is 0 Å². The summed E-state index contributed by atoms with van der Waals surface area (Å²) in [4.78, 5) is 0. The van der Waals surface area contributed by atoms with Gasteiger partial charge in [0.15, 0.2) is 0 Å². The van der Waals surface area contributed by atoms with Crippen molar-refractivity contribution in [3.63, 3.8) is 0 Å². The lowest BCUT2D eigenvalue weighted by atomic mass is 10.2. The molecule has 0 aliphatic rings. The average molecular weight is 162 g/mol. The Kier molecular flexibility index (Phi) is 9.10. The first-order valence-corrected chi connectivity index (χ1v) is 4.45. The highest BCUT2D eigenvalue weighted by Gasteiger charge is 1.78. The van der Waals surface area contributed by atoms with E-state index in [9.17, 15) is 0 Å². The van der Waals surface area contributed by atoms with Crippen LogP contribution in [-0.4, -0.2) is 0 Å². The van der Waals surface area contributed by atoms with Crippen LogP contribution in [0, 0.1) is 0 Å². The van der Waals surface area contributed by atoms with Gasteiger partial charge in [-0.25, -0.2) is 0 Å². The second-order valence-electron chi connectivity index (χ2n) is 2.59. The van der Waals surface area contributed by atoms with E-state index in [0.29, 0.717) is 0 Å². The number of unbranched alkanes of at least 4 members (excludes halogenated alkanes) is 2. The fourth-order valence-corrected chi connectivity index (χ4v) is 0.856. The smallest absolute Gasteiger partial charge is 0.0172 e. The van der Waals surface area contributed by atoms with Crippen LogP contribution in [0.1, 0.15) is 25.7 Å². The number of hydrogen-bond donors (Lipinski definition) is 0. The third kappa shape index (κ3) is 8.96. The molecule has 12 heavy (non-hydrogen) atoms. The van der Waals surface area contributed by atoms with Crippen LogP contribution < -0.4 is 0 Å². The molecule has 0 radical (unpaired) electrons. The summed E-state index contributed by atoms with van der Waals surface area (Å²) in [6.45, 7) is 7.25. The van der Waals surface area contributed by atoms with Gasteiger partial charge in [0.25, 0.3) is 0 Å². The standard InChI is InChI=1S/C12H18/c1-3-5-7-9-11-12-10-8-6-4-2/h3-5,7-8,10H,1-2,6,9,11-12H2. The largest absolute Gasteiger partial charge is 0.103 e. The molecule has 0 amide bonds. The predicted molar refractivity (Wildman–Crippen MR) is 57.1 cm³/mol. The van der Waals surface area contributed by atoms with E-state index < -0.39 is 0 Å². The Balaban J connectivity index is 3.14. The molecule has 0 atom stereocenters. The van der Waals surface area contributed by atoms with Crippen LogP contribution in [-0.2, 0) is 0 Å². The molecular formula is C12H18. The highest BCUT2D eigenvalue weighted by Crippen LogP contribution is 1.98. The summed E-state index contributed by atoms with van der Waals surface area (Å²) in [6.07, 6.45) is 16.7. The summed E-state index contributed by atoms with van der Waals surface area (Å²) >= 11 is 0. The molecule has 0 aromatic carbocycles. The van der Waals surface area contributed by atoms with Crippen molar-refractivity contribution in [3.05, 3.63) is 49.6 Å². The topological polar surface area (TPSA) is 0 Å². The summed E-state index contributed by atoms with van der Waals surface area (Å²) in [7, 11) is 0. The molecule has 0 saturated heterocycles. The average Bonchev–Trinajstić information content (AvgIpc) is 2.10. The Hall–Kier alpha value is -1.04. The molecule has 0 bridgehead atoms. The van der Waals surface area contributed by atoms with E-state index in [1.165, 1.54) is 6.42 Å². The monoisotopic (exact) mass is 162 g/mol. The highest BCUT2D eigenvalue weighted by molar-refractivity contribution is 4.97. The third-order valence-electron chi connectivity index (χ3n) is 1.48. The van der Waals surface area contributed by atoms with Crippen molar-refractivity contribution in [1.29, 1.82) is 0 Å². The van der Waals surface area contributed by atoms with E-state index in [1.54, 1.807) is 0 Å². The van der Waals surface area contributed by atoms with Crippen LogP contribution in [0.15, 0.2) is 49.6 Å². The fourth-order valence-electron chi connectivity index (χ4n) is 0.856. The zero-order valence-electron chi connectivity index (χ0n) is 7.71. The molecule has 0 heteroatoms. The lowest BCUT2D eigenvalue weighted by molar-refractivity contribution is 0.866. The Morgan fingerprint density at radius 3 is 2.33 bits per heavy atom. The van der Waals surface area contributed by atoms with Crippen LogP contribution >= 0.6 is 0 Å². The van der Waals surface area contributed by atoms with Crippen molar-refractivity contribution in [2.45, 2.75) is 25.7 Å². The lowest BCUT2D eigenvalue weighted by Gasteiger charge is -1.88. The van der Waals surface area contributed by atoms with Crippen LogP contribution in [0.25, 0.3) is 0 Å².